The number of hydrogen-bond acceptors (Lipinski definition) is 22. The third-order valence-electron chi connectivity index (χ3n) is 27.3. The third-order valence-corrected chi connectivity index (χ3v) is 27.3. The fourth-order valence-corrected chi connectivity index (χ4v) is 19.4. The molecule has 20 rings (SSSR count). The van der Waals surface area contributed by atoms with Crippen LogP contribution < -0.4 is 41.8 Å². The van der Waals surface area contributed by atoms with Gasteiger partial charge in [-0.3, -0.25) is 43.3 Å². The number of rotatable bonds is 24. The highest BCUT2D eigenvalue weighted by Gasteiger charge is 2.37. The van der Waals surface area contributed by atoms with Gasteiger partial charge in [-0.05, 0) is 152 Å². The number of hydrogen-bond donors (Lipinski definition) is 1. The summed E-state index contributed by atoms with van der Waals surface area (Å²) in [4.78, 5) is 161. The molecule has 2 saturated carbocycles. The van der Waals surface area contributed by atoms with Gasteiger partial charge < -0.3 is 62.5 Å². The monoisotopic (exact) mass is 1820 g/mol. The van der Waals surface area contributed by atoms with Gasteiger partial charge in [-0.25, -0.2) is 44.3 Å². The van der Waals surface area contributed by atoms with Gasteiger partial charge in [0.15, 0.2) is 11.6 Å². The number of allylic oxidation sites excluding steroid dienone is 7. The van der Waals surface area contributed by atoms with Gasteiger partial charge in [0.05, 0.1) is 34.6 Å². The minimum absolute atomic E-state index is 0.0250. The second kappa shape index (κ2) is 40.4. The van der Waals surface area contributed by atoms with Crippen LogP contribution in [0.2, 0.25) is 0 Å². The zero-order valence-corrected chi connectivity index (χ0v) is 78.0. The summed E-state index contributed by atoms with van der Waals surface area (Å²) in [7, 11) is 7.47. The topological polar surface area (TPSA) is 337 Å². The van der Waals surface area contributed by atoms with E-state index in [9.17, 15) is 38.4 Å². The second-order valence-electron chi connectivity index (χ2n) is 36.3. The van der Waals surface area contributed by atoms with Crippen molar-refractivity contribution < 1.29 is 19.2 Å². The minimum Gasteiger partial charge on any atom is -0.356 e. The Labute approximate surface area is 783 Å². The van der Waals surface area contributed by atoms with Gasteiger partial charge in [-0.2, -0.15) is 10.2 Å². The number of anilines is 4. The lowest BCUT2D eigenvalue weighted by molar-refractivity contribution is 0.0700. The molecular formula is C102H117N25O8. The quantitative estimate of drug-likeness (QED) is 0.0549. The molecule has 1 N–H and O–H groups in total. The van der Waals surface area contributed by atoms with Crippen LogP contribution in [0.3, 0.4) is 0 Å². The van der Waals surface area contributed by atoms with Crippen LogP contribution in [0.15, 0.2) is 193 Å². The number of aryl methyl sites for hydroxylation is 3. The Bertz CT molecular complexity index is 6490. The fraction of sp³-hybridized carbons (Fsp3) is 0.392. The van der Waals surface area contributed by atoms with E-state index in [-0.39, 0.29) is 70.0 Å². The number of pyridine rings is 4. The maximum Gasteiger partial charge on any atom is 0.275 e. The predicted molar refractivity (Wildman–Crippen MR) is 524 cm³/mol. The number of nitrogens with one attached hydrogen (secondary N) is 1. The van der Waals surface area contributed by atoms with Crippen LogP contribution >= 0.6 is 0 Å². The summed E-state index contributed by atoms with van der Waals surface area (Å²) in [5, 5.41) is 9.14. The molecule has 5 aliphatic carbocycles. The van der Waals surface area contributed by atoms with E-state index in [2.05, 4.69) is 103 Å². The first-order chi connectivity index (χ1) is 65.4. The average Bonchev–Trinajstić information content (AvgIpc) is 1.73. The highest BCUT2D eigenvalue weighted by Crippen LogP contribution is 2.42. The molecule has 0 bridgehead atoms. The number of fused-ring (bicyclic) bond motifs is 4. The summed E-state index contributed by atoms with van der Waals surface area (Å²) < 4.78 is 9.70. The molecule has 135 heavy (non-hydrogen) atoms. The average molecular weight is 1820 g/mol. The van der Waals surface area contributed by atoms with Crippen LogP contribution in [0.4, 0.5) is 23.3 Å². The van der Waals surface area contributed by atoms with E-state index in [0.717, 1.165) is 178 Å². The first kappa shape index (κ1) is 92.2. The van der Waals surface area contributed by atoms with Crippen molar-refractivity contribution in [3.8, 4) is 11.6 Å². The van der Waals surface area contributed by atoms with Crippen molar-refractivity contribution in [2.45, 2.75) is 179 Å². The van der Waals surface area contributed by atoms with Gasteiger partial charge in [0.2, 0.25) is 0 Å². The summed E-state index contributed by atoms with van der Waals surface area (Å²) in [6.45, 7) is 28.9. The van der Waals surface area contributed by atoms with Gasteiger partial charge in [-0.15, -0.1) is 26.3 Å². The van der Waals surface area contributed by atoms with Crippen LogP contribution in [0.1, 0.15) is 192 Å². The number of aromatic amines is 1. The van der Waals surface area contributed by atoms with Crippen LogP contribution in [0, 0.1) is 20.8 Å². The number of amides is 4. The van der Waals surface area contributed by atoms with E-state index in [1.54, 1.807) is 108 Å². The predicted octanol–water partition coefficient (Wildman–Crippen LogP) is 11.5. The zero-order chi connectivity index (χ0) is 94.4. The number of aromatic nitrogens is 17. The van der Waals surface area contributed by atoms with E-state index in [0.29, 0.717) is 113 Å². The molecule has 6 fully saturated rings. The lowest BCUT2D eigenvalue weighted by Gasteiger charge is -2.37. The van der Waals surface area contributed by atoms with Crippen molar-refractivity contribution in [1.82, 2.24) is 102 Å². The van der Waals surface area contributed by atoms with E-state index in [1.807, 2.05) is 142 Å². The Morgan fingerprint density at radius 1 is 0.422 bits per heavy atom. The lowest BCUT2D eigenvalue weighted by Crippen LogP contribution is -2.46. The van der Waals surface area contributed by atoms with Gasteiger partial charge >= 0.3 is 0 Å². The normalized spacial score (nSPS) is 16.3. The Morgan fingerprint density at radius 2 is 0.815 bits per heavy atom. The summed E-state index contributed by atoms with van der Waals surface area (Å²) in [6, 6.07) is 12.2. The summed E-state index contributed by atoms with van der Waals surface area (Å²) in [5.74, 6) is 7.81. The standard InChI is InChI=1S/C26H32N6O2.C26H31N5O2.2C25H27N7O2/c1-5-10-32-15-21(20-13-16(2)27-24(20)26(32)34)25(33)30(4)19-8-11-31(12-9-19)23-14-22(18-6-7-18)28-17(3)29-23;1-4-12-31-16-22(20-6-5-7-21(20)26(31)33)25(32)29(3)19-10-13-30(14-11-19)23-15-17(2)27-24(28-23)18-8-9-18;1-3-11-31-17-21(19-6-4-7-20(19)25(31)34)24(33)29(2)18-8-13-30(14-9-18)22-15-26-16-23(28-22)32-12-5-10-27-32;1-3-11-31-16-21(19-6-4-7-20(19)25(31)34)24(33)29(2)18-8-13-30(14-9-18)22-15-23(27-17-26-22)32-12-5-10-28-32/h5,13-15,18-19,27H,1,6-12H2,2-4H3;4-6,15-16,18-19H,1,7-14H2,2-3H3;2*3-6,10,12,15-18H,1,7-9,11,13-14H2,2H3. The molecule has 11 aromatic rings. The van der Waals surface area contributed by atoms with E-state index in [1.165, 1.54) is 25.7 Å². The van der Waals surface area contributed by atoms with Crippen LogP contribution in [0.5, 0.6) is 0 Å². The van der Waals surface area contributed by atoms with E-state index < -0.39 is 0 Å². The molecule has 0 aromatic carbocycles. The number of H-pyrrole nitrogens is 1. The summed E-state index contributed by atoms with van der Waals surface area (Å²) >= 11 is 0. The van der Waals surface area contributed by atoms with Crippen molar-refractivity contribution in [3.05, 3.63) is 299 Å². The highest BCUT2D eigenvalue weighted by molar-refractivity contribution is 6.06. The molecule has 15 heterocycles. The van der Waals surface area contributed by atoms with Crippen molar-refractivity contribution >= 4 is 76.0 Å². The Hall–Kier alpha value is -14.7. The molecule has 11 aromatic heterocycles. The Balaban J connectivity index is 0.000000125. The molecule has 33 nitrogen and oxygen atoms in total. The largest absolute Gasteiger partial charge is 0.356 e. The first-order valence-corrected chi connectivity index (χ1v) is 46.8. The van der Waals surface area contributed by atoms with Crippen LogP contribution in [0.25, 0.3) is 40.8 Å². The van der Waals surface area contributed by atoms with Gasteiger partial charge in [0.1, 0.15) is 46.8 Å². The molecule has 698 valence electrons. The fourth-order valence-electron chi connectivity index (χ4n) is 19.4. The zero-order valence-electron chi connectivity index (χ0n) is 78.0. The first-order valence-electron chi connectivity index (χ1n) is 46.8. The molecule has 4 saturated heterocycles. The number of carbonyl (C=O) groups is 4. The summed E-state index contributed by atoms with van der Waals surface area (Å²) in [6.07, 6.45) is 50.4. The lowest BCUT2D eigenvalue weighted by atomic mass is 10.0. The van der Waals surface area contributed by atoms with Gasteiger partial charge in [0.25, 0.3) is 45.9 Å². The molecule has 33 heteroatoms. The van der Waals surface area contributed by atoms with Crippen molar-refractivity contribution in [2.24, 2.45) is 0 Å². The number of nitrogens with zero attached hydrogens (tertiary/aromatic N) is 24. The van der Waals surface area contributed by atoms with Gasteiger partial charge in [-0.1, -0.05) is 60.8 Å². The van der Waals surface area contributed by atoms with Gasteiger partial charge in [0, 0.05) is 250 Å². The molecule has 0 spiro atoms. The Morgan fingerprint density at radius 3 is 1.24 bits per heavy atom. The molecule has 0 unspecified atom stereocenters. The molecule has 4 amide bonds. The maximum absolute atomic E-state index is 13.6. The van der Waals surface area contributed by atoms with Crippen molar-refractivity contribution in [2.75, 3.05) is 100 Å². The minimum atomic E-state index is -0.138. The smallest absolute Gasteiger partial charge is 0.275 e. The van der Waals surface area contributed by atoms with Crippen LogP contribution in [-0.2, 0) is 45.4 Å². The SMILES string of the molecule is C=CCn1cc(C(=O)N(C)C2CCN(c3cc(-n4cccn4)ncn3)CC2)c2c(c1=O)CC=C2.C=CCn1cc(C(=O)N(C)C2CCN(c3cc(C)nc(C4CC4)n3)CC2)c2c(c1=O)CC=C2.C=CCn1cc(C(=O)N(C)C2CCN(c3cc(C4CC4)nc(C)n3)CC2)c2cc(C)[nH]c2c1=O.C=CCn1cc(C(=O)N(C)C2CCN(c3cncc(-n4cccn4)n3)CC2)c2c(c1=O)CC=C2. The molecular weight excluding hydrogens is 1700 g/mol. The van der Waals surface area contributed by atoms with Crippen molar-refractivity contribution in [1.29, 1.82) is 0 Å². The molecule has 9 aliphatic rings. The molecule has 0 radical (unpaired) electrons. The number of carbonyl (C=O) groups excluding carboxylic acids is 4. The van der Waals surface area contributed by atoms with E-state index >= 15 is 0 Å². The second-order valence-corrected chi connectivity index (χ2v) is 36.3. The third kappa shape index (κ3) is 19.9. The highest BCUT2D eigenvalue weighted by atomic mass is 16.2. The van der Waals surface area contributed by atoms with Crippen LogP contribution in [-0.4, -0.2) is 231 Å². The van der Waals surface area contributed by atoms with E-state index in [4.69, 9.17) is 9.97 Å². The maximum atomic E-state index is 13.6. The van der Waals surface area contributed by atoms with Crippen molar-refractivity contribution in [3.63, 3.8) is 0 Å². The number of piperidine rings is 4. The molecule has 0 atom stereocenters. The summed E-state index contributed by atoms with van der Waals surface area (Å²) in [5.41, 5.74) is 9.92. The Kier molecular flexibility index (Phi) is 27.6. The molecule has 4 aliphatic heterocycles.